The molecular formula is C26H26N4O3S. The first-order valence-electron chi connectivity index (χ1n) is 11.0. The minimum Gasteiger partial charge on any atom is -0.463 e. The second-order valence-electron chi connectivity index (χ2n) is 7.89. The monoisotopic (exact) mass is 474 g/mol. The Balaban J connectivity index is 1.58. The second-order valence-corrected chi connectivity index (χ2v) is 8.28. The van der Waals surface area contributed by atoms with E-state index in [0.717, 1.165) is 27.7 Å². The largest absolute Gasteiger partial charge is 0.463 e. The molecule has 0 spiro atoms. The number of hydrogen-bond donors (Lipinski definition) is 3. The van der Waals surface area contributed by atoms with Crippen LogP contribution in [0.5, 0.6) is 0 Å². The van der Waals surface area contributed by atoms with E-state index in [1.807, 2.05) is 67.6 Å². The van der Waals surface area contributed by atoms with E-state index in [4.69, 9.17) is 17.0 Å². The smallest absolute Gasteiger partial charge is 0.338 e. The van der Waals surface area contributed by atoms with Crippen LogP contribution in [0.15, 0.2) is 78.0 Å². The molecule has 1 unspecified atom stereocenters. The molecule has 0 aliphatic carbocycles. The zero-order valence-electron chi connectivity index (χ0n) is 19.2. The molecule has 3 N–H and O–H groups in total. The minimum absolute atomic E-state index is 0.270. The molecule has 34 heavy (non-hydrogen) atoms. The van der Waals surface area contributed by atoms with Gasteiger partial charge in [0.15, 0.2) is 5.11 Å². The molecule has 3 aromatic rings. The Hall–Kier alpha value is -3.91. The van der Waals surface area contributed by atoms with E-state index in [1.54, 1.807) is 24.9 Å². The molecule has 3 aromatic carbocycles. The first kappa shape index (κ1) is 23.3. The number of urea groups is 1. The number of hydrogen-bond acceptors (Lipinski definition) is 4. The average molecular weight is 475 g/mol. The number of nitrogens with one attached hydrogen (secondary N) is 3. The Bertz CT molecular complexity index is 1300. The first-order chi connectivity index (χ1) is 16.4. The topological polar surface area (TPSA) is 82.7 Å². The summed E-state index contributed by atoms with van der Waals surface area (Å²) in [4.78, 5) is 27.3. The molecule has 0 radical (unpaired) electrons. The van der Waals surface area contributed by atoms with Crippen molar-refractivity contribution < 1.29 is 14.3 Å². The number of ether oxygens (including phenoxy) is 1. The zero-order chi connectivity index (χ0) is 24.2. The number of allylic oxidation sites excluding steroid dienone is 1. The average Bonchev–Trinajstić information content (AvgIpc) is 2.82. The summed E-state index contributed by atoms with van der Waals surface area (Å²) in [6.45, 7) is 3.88. The maximum Gasteiger partial charge on any atom is 0.338 e. The maximum absolute atomic E-state index is 12.8. The molecule has 0 aromatic heterocycles. The Labute approximate surface area is 203 Å². The van der Waals surface area contributed by atoms with Crippen molar-refractivity contribution in [3.8, 4) is 0 Å². The van der Waals surface area contributed by atoms with Crippen LogP contribution in [-0.4, -0.2) is 35.7 Å². The molecule has 1 aliphatic rings. The molecular weight excluding hydrogens is 448 g/mol. The number of amides is 2. The summed E-state index contributed by atoms with van der Waals surface area (Å²) < 4.78 is 5.30. The molecule has 0 bridgehead atoms. The highest BCUT2D eigenvalue weighted by Gasteiger charge is 2.33. The summed E-state index contributed by atoms with van der Waals surface area (Å²) in [6, 6.07) is 20.1. The van der Waals surface area contributed by atoms with Crippen molar-refractivity contribution in [2.75, 3.05) is 24.3 Å². The van der Waals surface area contributed by atoms with Crippen LogP contribution in [-0.2, 0) is 9.53 Å². The van der Waals surface area contributed by atoms with Crippen molar-refractivity contribution >= 4 is 51.5 Å². The zero-order valence-corrected chi connectivity index (χ0v) is 20.0. The Morgan fingerprint density at radius 2 is 1.79 bits per heavy atom. The highest BCUT2D eigenvalue weighted by molar-refractivity contribution is 7.80. The summed E-state index contributed by atoms with van der Waals surface area (Å²) in [5, 5.41) is 11.5. The van der Waals surface area contributed by atoms with Crippen LogP contribution in [0.1, 0.15) is 25.5 Å². The van der Waals surface area contributed by atoms with Gasteiger partial charge >= 0.3 is 12.0 Å². The number of fused-ring (bicyclic) bond motifs is 1. The Morgan fingerprint density at radius 1 is 1.06 bits per heavy atom. The quantitative estimate of drug-likeness (QED) is 0.349. The van der Waals surface area contributed by atoms with Crippen molar-refractivity contribution in [2.45, 2.75) is 19.9 Å². The van der Waals surface area contributed by atoms with Crippen LogP contribution >= 0.6 is 12.2 Å². The van der Waals surface area contributed by atoms with Gasteiger partial charge in [-0.3, -0.25) is 0 Å². The SMILES string of the molecule is CCOC(=O)C1=C(C)N(C)C(=S)NC1c1cccc(NC(=O)Nc2cccc3ccccc23)c1. The van der Waals surface area contributed by atoms with Crippen molar-refractivity contribution in [3.05, 3.63) is 83.6 Å². The Morgan fingerprint density at radius 3 is 2.59 bits per heavy atom. The summed E-state index contributed by atoms with van der Waals surface area (Å²) in [7, 11) is 1.80. The van der Waals surface area contributed by atoms with E-state index in [0.29, 0.717) is 16.4 Å². The van der Waals surface area contributed by atoms with E-state index < -0.39 is 12.0 Å². The third-order valence-corrected chi connectivity index (χ3v) is 6.16. The lowest BCUT2D eigenvalue weighted by molar-refractivity contribution is -0.139. The van der Waals surface area contributed by atoms with Crippen LogP contribution in [0.4, 0.5) is 16.2 Å². The summed E-state index contributed by atoms with van der Waals surface area (Å²) >= 11 is 5.45. The number of nitrogens with zero attached hydrogens (tertiary/aromatic N) is 1. The molecule has 8 heteroatoms. The van der Waals surface area contributed by atoms with Gasteiger partial charge in [-0.25, -0.2) is 9.59 Å². The lowest BCUT2D eigenvalue weighted by Gasteiger charge is -2.35. The van der Waals surface area contributed by atoms with E-state index in [-0.39, 0.29) is 12.6 Å². The molecule has 7 nitrogen and oxygen atoms in total. The molecule has 1 atom stereocenters. The van der Waals surface area contributed by atoms with Gasteiger partial charge in [-0.05, 0) is 55.2 Å². The molecule has 174 valence electrons. The van der Waals surface area contributed by atoms with Gasteiger partial charge in [0.25, 0.3) is 0 Å². The predicted molar refractivity (Wildman–Crippen MR) is 139 cm³/mol. The molecule has 0 saturated carbocycles. The molecule has 0 fully saturated rings. The minimum atomic E-state index is -0.495. The number of carbonyl (C=O) groups excluding carboxylic acids is 2. The number of esters is 1. The van der Waals surface area contributed by atoms with Gasteiger partial charge in [0.05, 0.1) is 23.9 Å². The van der Waals surface area contributed by atoms with E-state index in [9.17, 15) is 9.59 Å². The van der Waals surface area contributed by atoms with Crippen molar-refractivity contribution in [1.82, 2.24) is 10.2 Å². The van der Waals surface area contributed by atoms with Gasteiger partial charge in [0, 0.05) is 23.8 Å². The van der Waals surface area contributed by atoms with Gasteiger partial charge in [0.1, 0.15) is 0 Å². The fourth-order valence-electron chi connectivity index (χ4n) is 3.97. The third-order valence-electron chi connectivity index (χ3n) is 5.77. The van der Waals surface area contributed by atoms with Crippen molar-refractivity contribution in [1.29, 1.82) is 0 Å². The second kappa shape index (κ2) is 9.93. The molecule has 1 aliphatic heterocycles. The van der Waals surface area contributed by atoms with Crippen LogP contribution < -0.4 is 16.0 Å². The number of rotatable bonds is 5. The van der Waals surface area contributed by atoms with E-state index >= 15 is 0 Å². The fourth-order valence-corrected chi connectivity index (χ4v) is 4.23. The van der Waals surface area contributed by atoms with Gasteiger partial charge < -0.3 is 25.6 Å². The lowest BCUT2D eigenvalue weighted by Crippen LogP contribution is -2.46. The highest BCUT2D eigenvalue weighted by atomic mass is 32.1. The first-order valence-corrected chi connectivity index (χ1v) is 11.4. The standard InChI is InChI=1S/C26H26N4O3S/c1-4-33-24(31)22-16(2)30(3)26(34)29-23(22)18-11-7-12-19(15-18)27-25(32)28-21-14-8-10-17-9-5-6-13-20(17)21/h5-15,23H,4H2,1-3H3,(H,29,34)(H2,27,28,32). The summed E-state index contributed by atoms with van der Waals surface area (Å²) in [5.41, 5.74) is 3.29. The Kier molecular flexibility index (Phi) is 6.79. The fraction of sp³-hybridized carbons (Fsp3) is 0.192. The van der Waals surface area contributed by atoms with Crippen molar-refractivity contribution in [2.24, 2.45) is 0 Å². The molecule has 2 amide bonds. The van der Waals surface area contributed by atoms with Crippen molar-refractivity contribution in [3.63, 3.8) is 0 Å². The maximum atomic E-state index is 12.8. The summed E-state index contributed by atoms with van der Waals surface area (Å²) in [6.07, 6.45) is 0. The predicted octanol–water partition coefficient (Wildman–Crippen LogP) is 5.18. The molecule has 0 saturated heterocycles. The van der Waals surface area contributed by atoms with Crippen LogP contribution in [0.25, 0.3) is 10.8 Å². The third kappa shape index (κ3) is 4.72. The van der Waals surface area contributed by atoms with E-state index in [2.05, 4.69) is 16.0 Å². The summed E-state index contributed by atoms with van der Waals surface area (Å²) in [5.74, 6) is -0.404. The number of thiocarbonyl (C=S) groups is 1. The lowest BCUT2D eigenvalue weighted by atomic mass is 9.95. The van der Waals surface area contributed by atoms with Crippen LogP contribution in [0.2, 0.25) is 0 Å². The number of benzene rings is 3. The van der Waals surface area contributed by atoms with Gasteiger partial charge in [0.2, 0.25) is 0 Å². The van der Waals surface area contributed by atoms with Crippen LogP contribution in [0, 0.1) is 0 Å². The van der Waals surface area contributed by atoms with Crippen LogP contribution in [0.3, 0.4) is 0 Å². The van der Waals surface area contributed by atoms with E-state index in [1.165, 1.54) is 0 Å². The van der Waals surface area contributed by atoms with Gasteiger partial charge in [-0.15, -0.1) is 0 Å². The number of carbonyl (C=O) groups is 2. The van der Waals surface area contributed by atoms with Gasteiger partial charge in [-0.1, -0.05) is 48.5 Å². The molecule has 4 rings (SSSR count). The molecule has 1 heterocycles. The normalized spacial score (nSPS) is 15.7. The number of anilines is 2. The highest BCUT2D eigenvalue weighted by Crippen LogP contribution is 2.32. The van der Waals surface area contributed by atoms with Gasteiger partial charge in [-0.2, -0.15) is 0 Å².